The fourth-order valence-corrected chi connectivity index (χ4v) is 8.08. The number of aromatic nitrogens is 8. The van der Waals surface area contributed by atoms with Crippen molar-refractivity contribution < 1.29 is 9.59 Å². The summed E-state index contributed by atoms with van der Waals surface area (Å²) in [6, 6.07) is 26.0. The first-order valence-electron chi connectivity index (χ1n) is 21.0. The normalized spacial score (nSPS) is 11.3. The van der Waals surface area contributed by atoms with Gasteiger partial charge < -0.3 is 9.13 Å². The van der Waals surface area contributed by atoms with E-state index < -0.39 is 0 Å². The smallest absolute Gasteiger partial charge is 0.257 e. The number of carbonyl (C=O) groups is 2. The molecule has 8 rings (SSSR count). The number of nitrogens with zero attached hydrogens (tertiary/aromatic N) is 8. The Hall–Kier alpha value is -7.34. The summed E-state index contributed by atoms with van der Waals surface area (Å²) in [4.78, 5) is 36.0. The van der Waals surface area contributed by atoms with E-state index in [2.05, 4.69) is 103 Å². The van der Waals surface area contributed by atoms with Crippen LogP contribution < -0.4 is 10.6 Å². The number of hydrogen-bond donors (Lipinski definition) is 2. The molecule has 314 valence electrons. The number of imidazole rings is 2. The van der Waals surface area contributed by atoms with Crippen molar-refractivity contribution in [2.75, 3.05) is 10.6 Å². The molecule has 0 radical (unpaired) electrons. The van der Waals surface area contributed by atoms with Gasteiger partial charge in [-0.15, -0.1) is 0 Å². The lowest BCUT2D eigenvalue weighted by molar-refractivity contribution is 0.101. The van der Waals surface area contributed by atoms with Crippen LogP contribution in [0.4, 0.5) is 11.9 Å². The number of amides is 2. The lowest BCUT2D eigenvalue weighted by Crippen LogP contribution is -2.16. The maximum atomic E-state index is 13.4. The second-order valence-corrected chi connectivity index (χ2v) is 16.1. The molecule has 2 amide bonds. The SMILES string of the molecule is CCn1c(-c2cc(C)c(CCc3cnn(Cc4cccc(C(=O)Nc5ncc(-c6cc(C)c(C)cc6C)n5C)c4)c3)cc2C)cnc1NC(=O)c1cccc(Cn2cccn2)c1. The summed E-state index contributed by atoms with van der Waals surface area (Å²) in [6.45, 7) is 14.4. The van der Waals surface area contributed by atoms with E-state index in [1.165, 1.54) is 27.8 Å². The first-order valence-corrected chi connectivity index (χ1v) is 21.0. The summed E-state index contributed by atoms with van der Waals surface area (Å²) in [5.74, 6) is 0.585. The van der Waals surface area contributed by atoms with Crippen LogP contribution in [0.15, 0.2) is 116 Å². The molecule has 0 aliphatic rings. The van der Waals surface area contributed by atoms with Crippen molar-refractivity contribution in [3.05, 3.63) is 177 Å². The number of nitrogens with one attached hydrogen (secondary N) is 2. The second kappa shape index (κ2) is 17.7. The molecule has 4 aromatic carbocycles. The molecule has 0 unspecified atom stereocenters. The van der Waals surface area contributed by atoms with E-state index in [0.29, 0.717) is 42.7 Å². The van der Waals surface area contributed by atoms with Gasteiger partial charge in [0.05, 0.1) is 43.1 Å². The van der Waals surface area contributed by atoms with Crippen LogP contribution in [0, 0.1) is 34.6 Å². The topological polar surface area (TPSA) is 129 Å². The Kier molecular flexibility index (Phi) is 11.8. The number of hydrogen-bond acceptors (Lipinski definition) is 6. The highest BCUT2D eigenvalue weighted by molar-refractivity contribution is 6.04. The van der Waals surface area contributed by atoms with Gasteiger partial charge >= 0.3 is 0 Å². The summed E-state index contributed by atoms with van der Waals surface area (Å²) >= 11 is 0. The molecule has 4 heterocycles. The molecule has 0 fully saturated rings. The first-order chi connectivity index (χ1) is 29.9. The summed E-state index contributed by atoms with van der Waals surface area (Å²) in [5, 5.41) is 15.0. The zero-order valence-electron chi connectivity index (χ0n) is 36.4. The minimum absolute atomic E-state index is 0.207. The van der Waals surface area contributed by atoms with Crippen molar-refractivity contribution in [3.63, 3.8) is 0 Å². The van der Waals surface area contributed by atoms with Gasteiger partial charge in [0.1, 0.15) is 0 Å². The molecule has 8 aromatic rings. The van der Waals surface area contributed by atoms with Gasteiger partial charge in [0.25, 0.3) is 11.8 Å². The van der Waals surface area contributed by atoms with Crippen LogP contribution in [0.1, 0.15) is 77.7 Å². The maximum absolute atomic E-state index is 13.4. The van der Waals surface area contributed by atoms with Gasteiger partial charge in [-0.1, -0.05) is 36.4 Å². The highest BCUT2D eigenvalue weighted by atomic mass is 16.2. The summed E-state index contributed by atoms with van der Waals surface area (Å²) in [5.41, 5.74) is 15.6. The van der Waals surface area contributed by atoms with E-state index in [1.807, 2.05) is 105 Å². The monoisotopic (exact) mass is 824 g/mol. The highest BCUT2D eigenvalue weighted by Crippen LogP contribution is 2.31. The number of aryl methyl sites for hydroxylation is 7. The Morgan fingerprint density at radius 1 is 0.597 bits per heavy atom. The molecule has 0 atom stereocenters. The van der Waals surface area contributed by atoms with Crippen molar-refractivity contribution in [2.24, 2.45) is 7.05 Å². The van der Waals surface area contributed by atoms with E-state index >= 15 is 0 Å². The molecule has 2 N–H and O–H groups in total. The molecule has 4 aromatic heterocycles. The van der Waals surface area contributed by atoms with Gasteiger partial charge in [0, 0.05) is 54.4 Å². The molecule has 0 aliphatic heterocycles. The number of benzene rings is 4. The predicted molar refractivity (Wildman–Crippen MR) is 245 cm³/mol. The molecule has 0 bridgehead atoms. The van der Waals surface area contributed by atoms with Crippen LogP contribution in [0.5, 0.6) is 0 Å². The lowest BCUT2D eigenvalue weighted by Gasteiger charge is -2.15. The Labute approximate surface area is 362 Å². The zero-order valence-corrected chi connectivity index (χ0v) is 36.4. The average Bonchev–Trinajstić information content (AvgIpc) is 4.09. The standard InChI is InChI=1S/C50H52N10O2/c1-8-60-46(28-52-50(60)56-48(62)42-15-9-12-37(24-42)29-58-19-11-18-53-58)44-23-34(4)40(21-36(44)6)17-16-39-26-54-59(31-39)30-38-13-10-14-41(25-38)47(61)55-49-51-27-45(57(49)7)43-22-33(3)32(2)20-35(43)5/h9-15,18-28,31H,8,16-17,29-30H2,1-7H3,(H,51,55,61)(H,52,56,62). The van der Waals surface area contributed by atoms with Crippen molar-refractivity contribution in [3.8, 4) is 22.5 Å². The highest BCUT2D eigenvalue weighted by Gasteiger charge is 2.19. The number of carbonyl (C=O) groups excluding carboxylic acids is 2. The fraction of sp³-hybridized carbons (Fsp3) is 0.240. The minimum atomic E-state index is -0.215. The van der Waals surface area contributed by atoms with Gasteiger partial charge in [-0.05, 0) is 147 Å². The number of anilines is 2. The third kappa shape index (κ3) is 8.90. The van der Waals surface area contributed by atoms with Gasteiger partial charge in [-0.2, -0.15) is 10.2 Å². The van der Waals surface area contributed by atoms with Crippen molar-refractivity contribution >= 4 is 23.7 Å². The van der Waals surface area contributed by atoms with Crippen molar-refractivity contribution in [1.29, 1.82) is 0 Å². The van der Waals surface area contributed by atoms with Crippen LogP contribution >= 0.6 is 0 Å². The predicted octanol–water partition coefficient (Wildman–Crippen LogP) is 9.29. The Morgan fingerprint density at radius 3 is 1.90 bits per heavy atom. The van der Waals surface area contributed by atoms with E-state index in [-0.39, 0.29) is 11.8 Å². The summed E-state index contributed by atoms with van der Waals surface area (Å²) < 4.78 is 7.73. The second-order valence-electron chi connectivity index (χ2n) is 16.1. The van der Waals surface area contributed by atoms with Crippen LogP contribution in [0.2, 0.25) is 0 Å². The van der Waals surface area contributed by atoms with Crippen LogP contribution in [0.3, 0.4) is 0 Å². The third-order valence-electron chi connectivity index (χ3n) is 11.7. The van der Waals surface area contributed by atoms with Gasteiger partial charge in [-0.3, -0.25) is 29.6 Å². The van der Waals surface area contributed by atoms with Crippen molar-refractivity contribution in [1.82, 2.24) is 38.7 Å². The van der Waals surface area contributed by atoms with Gasteiger partial charge in [-0.25, -0.2) is 9.97 Å². The van der Waals surface area contributed by atoms with E-state index in [0.717, 1.165) is 57.6 Å². The third-order valence-corrected chi connectivity index (χ3v) is 11.7. The molecule has 0 saturated carbocycles. The molecule has 0 aliphatic carbocycles. The summed E-state index contributed by atoms with van der Waals surface area (Å²) in [7, 11) is 1.92. The zero-order chi connectivity index (χ0) is 43.5. The Bertz CT molecular complexity index is 2910. The van der Waals surface area contributed by atoms with Gasteiger partial charge in [0.15, 0.2) is 0 Å². The molecule has 12 heteroatoms. The summed E-state index contributed by atoms with van der Waals surface area (Å²) in [6.07, 6.45) is 13.0. The van der Waals surface area contributed by atoms with E-state index in [1.54, 1.807) is 6.20 Å². The molecule has 62 heavy (non-hydrogen) atoms. The fourth-order valence-electron chi connectivity index (χ4n) is 8.08. The largest absolute Gasteiger partial charge is 0.313 e. The first kappa shape index (κ1) is 41.4. The minimum Gasteiger partial charge on any atom is -0.313 e. The number of rotatable bonds is 14. The van der Waals surface area contributed by atoms with Crippen molar-refractivity contribution in [2.45, 2.75) is 74.0 Å². The molecule has 12 nitrogen and oxygen atoms in total. The molecule has 0 spiro atoms. The molecular formula is C50H52N10O2. The van der Waals surface area contributed by atoms with Gasteiger partial charge in [0.2, 0.25) is 11.9 Å². The Morgan fingerprint density at radius 2 is 1.21 bits per heavy atom. The van der Waals surface area contributed by atoms with Crippen LogP contribution in [-0.2, 0) is 39.5 Å². The lowest BCUT2D eigenvalue weighted by atomic mass is 9.95. The Balaban J connectivity index is 0.887. The quantitative estimate of drug-likeness (QED) is 0.113. The average molecular weight is 825 g/mol. The van der Waals surface area contributed by atoms with E-state index in [9.17, 15) is 9.59 Å². The van der Waals surface area contributed by atoms with Crippen LogP contribution in [-0.4, -0.2) is 50.5 Å². The molecule has 0 saturated heterocycles. The van der Waals surface area contributed by atoms with E-state index in [4.69, 9.17) is 0 Å². The maximum Gasteiger partial charge on any atom is 0.257 e. The van der Waals surface area contributed by atoms with Crippen LogP contribution in [0.25, 0.3) is 22.5 Å². The molecular weight excluding hydrogens is 773 g/mol.